The fourth-order valence-corrected chi connectivity index (χ4v) is 3.47. The molecule has 0 aliphatic heterocycles. The average molecular weight is 464 g/mol. The number of aromatic hydroxyl groups is 1. The number of halogens is 2. The monoisotopic (exact) mass is 462 g/mol. The zero-order valence-corrected chi connectivity index (χ0v) is 16.6. The molecule has 0 saturated heterocycles. The molecule has 9 nitrogen and oxygen atoms in total. The number of aromatic nitrogens is 5. The van der Waals surface area contributed by atoms with Gasteiger partial charge in [-0.2, -0.15) is 5.10 Å². The number of phenols is 1. The number of H-pyrrole nitrogens is 2. The largest absolute Gasteiger partial charge is 0.506 e. The summed E-state index contributed by atoms with van der Waals surface area (Å²) in [5.74, 6) is -0.572. The molecule has 4 rings (SSSR count). The molecule has 0 bridgehead atoms. The second kappa shape index (κ2) is 6.80. The van der Waals surface area contributed by atoms with Crippen LogP contribution in [0.5, 0.6) is 5.75 Å². The van der Waals surface area contributed by atoms with Gasteiger partial charge in [-0.25, -0.2) is 9.67 Å². The standard InChI is InChI=1S/C17H12BrClN6O3/c1-7-13-8(15(18)23-22-13)5-11(26)14(7)21-17(28)10-6-12(27)24-25(10)16-9(19)3-2-4-20-16/h2-6,26H,1H3,(H,21,28)(H,22,23)(H,24,27). The first-order chi connectivity index (χ1) is 13.4. The third-order valence-corrected chi connectivity index (χ3v) is 5.08. The maximum atomic E-state index is 12.9. The number of amides is 1. The lowest BCUT2D eigenvalue weighted by atomic mass is 10.1. The van der Waals surface area contributed by atoms with E-state index in [0.29, 0.717) is 21.1 Å². The fraction of sp³-hybridized carbons (Fsp3) is 0.0588. The zero-order valence-electron chi connectivity index (χ0n) is 14.2. The Morgan fingerprint density at radius 2 is 2.18 bits per heavy atom. The molecule has 142 valence electrons. The highest BCUT2D eigenvalue weighted by atomic mass is 79.9. The maximum absolute atomic E-state index is 12.9. The van der Waals surface area contributed by atoms with Crippen molar-refractivity contribution >= 4 is 50.0 Å². The van der Waals surface area contributed by atoms with Crippen molar-refractivity contribution in [3.63, 3.8) is 0 Å². The molecule has 3 aromatic heterocycles. The number of fused-ring (bicyclic) bond motifs is 1. The highest BCUT2D eigenvalue weighted by Gasteiger charge is 2.21. The number of carbonyl (C=O) groups excluding carboxylic acids is 1. The number of nitrogens with zero attached hydrogens (tertiary/aromatic N) is 3. The first-order valence-corrected chi connectivity index (χ1v) is 9.14. The molecule has 4 N–H and O–H groups in total. The molecule has 4 aromatic rings. The van der Waals surface area contributed by atoms with E-state index in [4.69, 9.17) is 11.6 Å². The molecule has 0 aliphatic carbocycles. The summed E-state index contributed by atoms with van der Waals surface area (Å²) in [5.41, 5.74) is 0.806. The van der Waals surface area contributed by atoms with Gasteiger partial charge in [0.1, 0.15) is 16.0 Å². The SMILES string of the molecule is Cc1c(NC(=O)c2cc(=O)[nH]n2-c2ncccc2Cl)c(O)cc2c(Br)[nH]nc12. The number of phenolic OH excluding ortho intramolecular Hbond substituents is 1. The van der Waals surface area contributed by atoms with E-state index in [9.17, 15) is 14.7 Å². The number of anilines is 1. The minimum absolute atomic E-state index is 0.0206. The summed E-state index contributed by atoms with van der Waals surface area (Å²) in [6.07, 6.45) is 1.49. The topological polar surface area (TPSA) is 129 Å². The van der Waals surface area contributed by atoms with Crippen molar-refractivity contribution in [1.82, 2.24) is 25.0 Å². The first kappa shape index (κ1) is 18.3. The van der Waals surface area contributed by atoms with Crippen LogP contribution in [0.15, 0.2) is 39.9 Å². The second-order valence-corrected chi connectivity index (χ2v) is 7.13. The molecule has 0 aliphatic rings. The van der Waals surface area contributed by atoms with Gasteiger partial charge in [-0.15, -0.1) is 0 Å². The van der Waals surface area contributed by atoms with Gasteiger partial charge in [0.2, 0.25) is 0 Å². The summed E-state index contributed by atoms with van der Waals surface area (Å²) in [4.78, 5) is 28.8. The predicted molar refractivity (Wildman–Crippen MR) is 107 cm³/mol. The number of nitrogens with one attached hydrogen (secondary N) is 3. The van der Waals surface area contributed by atoms with Gasteiger partial charge < -0.3 is 10.4 Å². The highest BCUT2D eigenvalue weighted by Crippen LogP contribution is 2.36. The van der Waals surface area contributed by atoms with Crippen molar-refractivity contribution < 1.29 is 9.90 Å². The van der Waals surface area contributed by atoms with Crippen LogP contribution in [0, 0.1) is 6.92 Å². The summed E-state index contributed by atoms with van der Waals surface area (Å²) in [7, 11) is 0. The van der Waals surface area contributed by atoms with Crippen LogP contribution in [-0.2, 0) is 0 Å². The van der Waals surface area contributed by atoms with Crippen LogP contribution in [0.1, 0.15) is 16.1 Å². The van der Waals surface area contributed by atoms with Crippen LogP contribution in [0.3, 0.4) is 0 Å². The Hall–Kier alpha value is -3.11. The number of hydrogen-bond acceptors (Lipinski definition) is 5. The van der Waals surface area contributed by atoms with E-state index in [2.05, 4.69) is 41.5 Å². The minimum Gasteiger partial charge on any atom is -0.506 e. The van der Waals surface area contributed by atoms with E-state index in [-0.39, 0.29) is 28.0 Å². The fourth-order valence-electron chi connectivity index (χ4n) is 2.87. The van der Waals surface area contributed by atoms with Crippen LogP contribution >= 0.6 is 27.5 Å². The van der Waals surface area contributed by atoms with Crippen molar-refractivity contribution in [2.24, 2.45) is 0 Å². The second-order valence-electron chi connectivity index (χ2n) is 5.93. The Balaban J connectivity index is 1.78. The lowest BCUT2D eigenvalue weighted by Gasteiger charge is -2.12. The minimum atomic E-state index is -0.632. The number of rotatable bonds is 3. The predicted octanol–water partition coefficient (Wildman–Crippen LogP) is 3.12. The van der Waals surface area contributed by atoms with Crippen molar-refractivity contribution in [2.75, 3.05) is 5.32 Å². The highest BCUT2D eigenvalue weighted by molar-refractivity contribution is 9.10. The van der Waals surface area contributed by atoms with Gasteiger partial charge in [0, 0.05) is 23.2 Å². The molecule has 11 heteroatoms. The molecule has 0 spiro atoms. The Morgan fingerprint density at radius 3 is 2.93 bits per heavy atom. The van der Waals surface area contributed by atoms with E-state index in [0.717, 1.165) is 6.07 Å². The van der Waals surface area contributed by atoms with Crippen molar-refractivity contribution in [2.45, 2.75) is 6.92 Å². The number of carbonyl (C=O) groups is 1. The van der Waals surface area contributed by atoms with Crippen LogP contribution < -0.4 is 10.9 Å². The van der Waals surface area contributed by atoms with Crippen molar-refractivity contribution in [1.29, 1.82) is 0 Å². The third kappa shape index (κ3) is 2.96. The summed E-state index contributed by atoms with van der Waals surface area (Å²) in [5, 5.41) is 23.4. The first-order valence-electron chi connectivity index (χ1n) is 7.97. The molecule has 1 aromatic carbocycles. The normalized spacial score (nSPS) is 11.1. The molecule has 0 unspecified atom stereocenters. The number of aryl methyl sites for hydroxylation is 1. The Labute approximate surface area is 170 Å². The smallest absolute Gasteiger partial charge is 0.274 e. The van der Waals surface area contributed by atoms with Crippen molar-refractivity contribution in [3.8, 4) is 11.6 Å². The van der Waals surface area contributed by atoms with Crippen LogP contribution in [0.4, 0.5) is 5.69 Å². The summed E-state index contributed by atoms with van der Waals surface area (Å²) < 4.78 is 1.80. The van der Waals surface area contributed by atoms with Gasteiger partial charge in [0.25, 0.3) is 11.5 Å². The lowest BCUT2D eigenvalue weighted by Crippen LogP contribution is -2.18. The van der Waals surface area contributed by atoms with Crippen LogP contribution in [-0.4, -0.2) is 36.0 Å². The van der Waals surface area contributed by atoms with Crippen LogP contribution in [0.25, 0.3) is 16.7 Å². The molecule has 3 heterocycles. The average Bonchev–Trinajstić information content (AvgIpc) is 3.22. The van der Waals surface area contributed by atoms with E-state index in [1.807, 2.05) is 0 Å². The van der Waals surface area contributed by atoms with E-state index >= 15 is 0 Å². The summed E-state index contributed by atoms with van der Waals surface area (Å²) in [6, 6.07) is 5.82. The third-order valence-electron chi connectivity index (χ3n) is 4.18. The molecule has 1 amide bonds. The lowest BCUT2D eigenvalue weighted by molar-refractivity contribution is 0.101. The van der Waals surface area contributed by atoms with Gasteiger partial charge in [-0.1, -0.05) is 11.6 Å². The molecule has 0 radical (unpaired) electrons. The van der Waals surface area contributed by atoms with E-state index < -0.39 is 11.5 Å². The summed E-state index contributed by atoms with van der Waals surface area (Å²) in [6.45, 7) is 1.71. The van der Waals surface area contributed by atoms with Gasteiger partial charge in [0.15, 0.2) is 5.82 Å². The molecule has 0 fully saturated rings. The zero-order chi connectivity index (χ0) is 20.0. The van der Waals surface area contributed by atoms with Gasteiger partial charge >= 0.3 is 0 Å². The van der Waals surface area contributed by atoms with E-state index in [1.54, 1.807) is 19.1 Å². The Morgan fingerprint density at radius 1 is 1.39 bits per heavy atom. The maximum Gasteiger partial charge on any atom is 0.274 e. The molecule has 28 heavy (non-hydrogen) atoms. The molecule has 0 atom stereocenters. The molecular weight excluding hydrogens is 452 g/mol. The molecular formula is C17H12BrClN6O3. The summed E-state index contributed by atoms with van der Waals surface area (Å²) >= 11 is 9.44. The van der Waals surface area contributed by atoms with Crippen molar-refractivity contribution in [3.05, 3.63) is 61.7 Å². The Kier molecular flexibility index (Phi) is 4.44. The van der Waals surface area contributed by atoms with Gasteiger partial charge in [-0.05, 0) is 41.1 Å². The van der Waals surface area contributed by atoms with Gasteiger partial charge in [0.05, 0.1) is 16.2 Å². The van der Waals surface area contributed by atoms with Crippen LogP contribution in [0.2, 0.25) is 5.02 Å². The quantitative estimate of drug-likeness (QED) is 0.347. The number of aromatic amines is 2. The van der Waals surface area contributed by atoms with E-state index in [1.165, 1.54) is 16.9 Å². The van der Waals surface area contributed by atoms with Gasteiger partial charge in [-0.3, -0.25) is 19.8 Å². The number of benzene rings is 1. The number of pyridine rings is 1. The number of hydrogen-bond donors (Lipinski definition) is 4. The Bertz CT molecular complexity index is 1290. The molecule has 0 saturated carbocycles.